The van der Waals surface area contributed by atoms with Crippen LogP contribution >= 0.6 is 11.3 Å². The lowest BCUT2D eigenvalue weighted by Gasteiger charge is -2.20. The van der Waals surface area contributed by atoms with Crippen LogP contribution in [-0.4, -0.2) is 16.4 Å². The third kappa shape index (κ3) is 2.83. The maximum atomic E-state index is 12.0. The second kappa shape index (κ2) is 5.33. The van der Waals surface area contributed by atoms with Crippen molar-refractivity contribution in [3.63, 3.8) is 0 Å². The molecule has 5 heteroatoms. The molecule has 2 heterocycles. The Balaban J connectivity index is 1.92. The van der Waals surface area contributed by atoms with Gasteiger partial charge in [-0.2, -0.15) is 0 Å². The minimum atomic E-state index is -0.0231. The van der Waals surface area contributed by atoms with Crippen molar-refractivity contribution >= 4 is 22.0 Å². The summed E-state index contributed by atoms with van der Waals surface area (Å²) < 4.78 is 1.57. The Bertz CT molecular complexity index is 830. The number of anilines is 1. The lowest BCUT2D eigenvalue weighted by Crippen LogP contribution is -2.21. The number of fused-ring (bicyclic) bond motifs is 1. The Morgan fingerprint density at radius 3 is 2.62 bits per heavy atom. The lowest BCUT2D eigenvalue weighted by atomic mass is 10.1. The summed E-state index contributed by atoms with van der Waals surface area (Å²) in [7, 11) is 2.02. The van der Waals surface area contributed by atoms with E-state index in [1.807, 2.05) is 12.4 Å². The summed E-state index contributed by atoms with van der Waals surface area (Å²) in [4.78, 5) is 19.4. The summed E-state index contributed by atoms with van der Waals surface area (Å²) in [6.45, 7) is 4.80. The van der Waals surface area contributed by atoms with E-state index in [1.165, 1.54) is 22.5 Å². The van der Waals surface area contributed by atoms with Gasteiger partial charge >= 0.3 is 0 Å². The smallest absolute Gasteiger partial charge is 0.258 e. The fraction of sp³-hybridized carbons (Fsp3) is 0.250. The summed E-state index contributed by atoms with van der Waals surface area (Å²) in [5.74, 6) is 0. The van der Waals surface area contributed by atoms with E-state index in [9.17, 15) is 4.79 Å². The molecule has 3 aromatic rings. The van der Waals surface area contributed by atoms with Gasteiger partial charge in [0.25, 0.3) is 5.56 Å². The Kier molecular flexibility index (Phi) is 3.51. The molecule has 0 atom stereocenters. The number of benzene rings is 1. The van der Waals surface area contributed by atoms with Gasteiger partial charge in [0.05, 0.1) is 12.2 Å². The van der Waals surface area contributed by atoms with Gasteiger partial charge in [0, 0.05) is 30.4 Å². The first-order valence-corrected chi connectivity index (χ1v) is 7.66. The highest BCUT2D eigenvalue weighted by atomic mass is 32.1. The number of aromatic nitrogens is 2. The minimum Gasteiger partial charge on any atom is -0.369 e. The van der Waals surface area contributed by atoms with Crippen molar-refractivity contribution in [2.45, 2.75) is 20.4 Å². The van der Waals surface area contributed by atoms with Crippen LogP contribution in [0, 0.1) is 13.8 Å². The zero-order chi connectivity index (χ0) is 15.0. The van der Waals surface area contributed by atoms with Gasteiger partial charge in [0.1, 0.15) is 0 Å². The molecule has 0 saturated carbocycles. The predicted molar refractivity (Wildman–Crippen MR) is 87.4 cm³/mol. The molecule has 0 bridgehead atoms. The van der Waals surface area contributed by atoms with Crippen molar-refractivity contribution in [2.75, 3.05) is 11.9 Å². The van der Waals surface area contributed by atoms with E-state index >= 15 is 0 Å². The van der Waals surface area contributed by atoms with Gasteiger partial charge < -0.3 is 4.90 Å². The second-order valence-corrected chi connectivity index (χ2v) is 6.22. The van der Waals surface area contributed by atoms with Crippen molar-refractivity contribution in [3.05, 3.63) is 63.0 Å². The van der Waals surface area contributed by atoms with Crippen molar-refractivity contribution in [2.24, 2.45) is 0 Å². The summed E-state index contributed by atoms with van der Waals surface area (Å²) >= 11 is 1.48. The monoisotopic (exact) mass is 299 g/mol. The van der Waals surface area contributed by atoms with E-state index in [4.69, 9.17) is 0 Å². The molecule has 0 fully saturated rings. The van der Waals surface area contributed by atoms with E-state index < -0.39 is 0 Å². The van der Waals surface area contributed by atoms with Crippen LogP contribution in [0.15, 0.2) is 40.6 Å². The number of aryl methyl sites for hydroxylation is 2. The van der Waals surface area contributed by atoms with Gasteiger partial charge in [-0.15, -0.1) is 11.3 Å². The van der Waals surface area contributed by atoms with Crippen LogP contribution in [0.25, 0.3) is 4.96 Å². The highest BCUT2D eigenvalue weighted by Gasteiger charge is 2.08. The first kappa shape index (κ1) is 13.8. The van der Waals surface area contributed by atoms with Crippen LogP contribution in [-0.2, 0) is 6.54 Å². The summed E-state index contributed by atoms with van der Waals surface area (Å²) in [5.41, 5.74) is 4.38. The molecule has 0 aliphatic rings. The van der Waals surface area contributed by atoms with Crippen LogP contribution in [0.2, 0.25) is 0 Å². The van der Waals surface area contributed by atoms with Crippen LogP contribution in [0.1, 0.15) is 16.8 Å². The topological polar surface area (TPSA) is 37.6 Å². The van der Waals surface area contributed by atoms with E-state index in [-0.39, 0.29) is 5.56 Å². The SMILES string of the molecule is Cc1cc(C)cc(N(C)Cc2cc(=O)n3ccsc3n2)c1. The standard InChI is InChI=1S/C16H17N3OS/c1-11-6-12(2)8-14(7-11)18(3)10-13-9-15(20)19-4-5-21-16(19)17-13/h4-9H,10H2,1-3H3. The highest BCUT2D eigenvalue weighted by Crippen LogP contribution is 2.19. The van der Waals surface area contributed by atoms with Crippen molar-refractivity contribution in [1.29, 1.82) is 0 Å². The fourth-order valence-corrected chi connectivity index (χ4v) is 3.21. The molecular weight excluding hydrogens is 282 g/mol. The molecular formula is C16H17N3OS. The Labute approximate surface area is 127 Å². The number of hydrogen-bond acceptors (Lipinski definition) is 4. The van der Waals surface area contributed by atoms with Gasteiger partial charge in [-0.25, -0.2) is 4.98 Å². The summed E-state index contributed by atoms with van der Waals surface area (Å²) in [5, 5.41) is 1.88. The van der Waals surface area contributed by atoms with Gasteiger partial charge in [0.2, 0.25) is 0 Å². The van der Waals surface area contributed by atoms with Gasteiger partial charge in [0.15, 0.2) is 4.96 Å². The first-order valence-electron chi connectivity index (χ1n) is 6.78. The van der Waals surface area contributed by atoms with Gasteiger partial charge in [-0.05, 0) is 37.1 Å². The predicted octanol–water partition coefficient (Wildman–Crippen LogP) is 3.01. The van der Waals surface area contributed by atoms with Crippen molar-refractivity contribution < 1.29 is 0 Å². The molecule has 0 aliphatic heterocycles. The fourth-order valence-electron chi connectivity index (χ4n) is 2.47. The summed E-state index contributed by atoms with van der Waals surface area (Å²) in [6, 6.07) is 8.05. The van der Waals surface area contributed by atoms with E-state index in [0.717, 1.165) is 16.3 Å². The number of nitrogens with zero attached hydrogens (tertiary/aromatic N) is 3. The molecule has 108 valence electrons. The van der Waals surface area contributed by atoms with Crippen LogP contribution < -0.4 is 10.5 Å². The minimum absolute atomic E-state index is 0.0231. The molecule has 0 aliphatic carbocycles. The van der Waals surface area contributed by atoms with Gasteiger partial charge in [-0.1, -0.05) is 6.07 Å². The van der Waals surface area contributed by atoms with E-state index in [2.05, 4.69) is 41.9 Å². The number of thiazole rings is 1. The van der Waals surface area contributed by atoms with E-state index in [1.54, 1.807) is 16.7 Å². The molecule has 21 heavy (non-hydrogen) atoms. The van der Waals surface area contributed by atoms with Gasteiger partial charge in [-0.3, -0.25) is 9.20 Å². The number of hydrogen-bond donors (Lipinski definition) is 0. The molecule has 0 N–H and O–H groups in total. The first-order chi connectivity index (χ1) is 10.0. The van der Waals surface area contributed by atoms with Crippen LogP contribution in [0.3, 0.4) is 0 Å². The average Bonchev–Trinajstić information content (AvgIpc) is 2.86. The summed E-state index contributed by atoms with van der Waals surface area (Å²) in [6.07, 6.45) is 1.76. The van der Waals surface area contributed by atoms with Crippen LogP contribution in [0.5, 0.6) is 0 Å². The quantitative estimate of drug-likeness (QED) is 0.746. The van der Waals surface area contributed by atoms with E-state index in [0.29, 0.717) is 6.54 Å². The molecule has 3 rings (SSSR count). The zero-order valence-corrected chi connectivity index (χ0v) is 13.1. The molecule has 2 aromatic heterocycles. The third-order valence-corrected chi connectivity index (χ3v) is 4.16. The Hall–Kier alpha value is -2.14. The Morgan fingerprint density at radius 2 is 1.90 bits per heavy atom. The molecule has 0 spiro atoms. The van der Waals surface area contributed by atoms with Crippen molar-refractivity contribution in [1.82, 2.24) is 9.38 Å². The average molecular weight is 299 g/mol. The second-order valence-electron chi connectivity index (χ2n) is 5.34. The highest BCUT2D eigenvalue weighted by molar-refractivity contribution is 7.15. The third-order valence-electron chi connectivity index (χ3n) is 3.40. The molecule has 0 amide bonds. The normalized spacial score (nSPS) is 11.0. The Morgan fingerprint density at radius 1 is 1.19 bits per heavy atom. The van der Waals surface area contributed by atoms with Crippen LogP contribution in [0.4, 0.5) is 5.69 Å². The molecule has 0 saturated heterocycles. The maximum Gasteiger partial charge on any atom is 0.258 e. The number of rotatable bonds is 3. The lowest BCUT2D eigenvalue weighted by molar-refractivity contribution is 0.873. The largest absolute Gasteiger partial charge is 0.369 e. The molecule has 0 unspecified atom stereocenters. The zero-order valence-electron chi connectivity index (χ0n) is 12.3. The maximum absolute atomic E-state index is 12.0. The molecule has 1 aromatic carbocycles. The van der Waals surface area contributed by atoms with Crippen molar-refractivity contribution in [3.8, 4) is 0 Å². The molecule has 0 radical (unpaired) electrons. The molecule has 4 nitrogen and oxygen atoms in total.